The molecule has 1 aliphatic rings. The van der Waals surface area contributed by atoms with E-state index in [0.29, 0.717) is 5.91 Å². The highest BCUT2D eigenvalue weighted by Gasteiger charge is 2.30. The van der Waals surface area contributed by atoms with Crippen LogP contribution in [0.2, 0.25) is 0 Å². The summed E-state index contributed by atoms with van der Waals surface area (Å²) in [6.45, 7) is 12.0. The summed E-state index contributed by atoms with van der Waals surface area (Å²) in [5.41, 5.74) is 0. The van der Waals surface area contributed by atoms with Gasteiger partial charge in [-0.15, -0.1) is 0 Å². The van der Waals surface area contributed by atoms with Crippen LogP contribution in [-0.2, 0) is 14.3 Å². The summed E-state index contributed by atoms with van der Waals surface area (Å²) in [5.74, 6) is 0.342. The van der Waals surface area contributed by atoms with Crippen molar-refractivity contribution in [2.24, 2.45) is 0 Å². The Kier molecular flexibility index (Phi) is 37.6. The van der Waals surface area contributed by atoms with E-state index in [1.54, 1.807) is 0 Å². The van der Waals surface area contributed by atoms with Gasteiger partial charge in [0.1, 0.15) is 0 Å². The van der Waals surface area contributed by atoms with Crippen LogP contribution in [0.5, 0.6) is 0 Å². The maximum Gasteiger partial charge on any atom is 0.226 e. The van der Waals surface area contributed by atoms with E-state index in [0.717, 1.165) is 82.9 Å². The Morgan fingerprint density at radius 2 is 0.717 bits per heavy atom. The van der Waals surface area contributed by atoms with Gasteiger partial charge in [0, 0.05) is 39.0 Å². The number of quaternary nitrogens is 1. The minimum Gasteiger partial charge on any atom is -0.381 e. The van der Waals surface area contributed by atoms with Crippen molar-refractivity contribution in [1.82, 2.24) is 4.90 Å². The van der Waals surface area contributed by atoms with E-state index in [1.165, 1.54) is 205 Å². The SMILES string of the molecule is CCCCCCCCCCCCCCCCCCOCCC[N+](C)(CCCOCCCCCCCCCCCCCCCCCC)CN1CCCC1=O. The molecule has 0 radical (unpaired) electrons. The van der Waals surface area contributed by atoms with Gasteiger partial charge in [-0.25, -0.2) is 0 Å². The van der Waals surface area contributed by atoms with Crippen LogP contribution in [-0.4, -0.2) is 75.1 Å². The number of ether oxygens (including phenoxy) is 2. The third-order valence-corrected chi connectivity index (χ3v) is 11.9. The molecule has 316 valence electrons. The molecule has 0 aliphatic carbocycles. The van der Waals surface area contributed by atoms with Gasteiger partial charge in [0.2, 0.25) is 5.91 Å². The predicted octanol–water partition coefficient (Wildman–Crippen LogP) is 14.3. The lowest BCUT2D eigenvalue weighted by Crippen LogP contribution is -2.53. The van der Waals surface area contributed by atoms with Crippen LogP contribution in [0.3, 0.4) is 0 Å². The van der Waals surface area contributed by atoms with Crippen LogP contribution < -0.4 is 0 Å². The third-order valence-electron chi connectivity index (χ3n) is 11.9. The van der Waals surface area contributed by atoms with Crippen molar-refractivity contribution in [2.45, 2.75) is 245 Å². The van der Waals surface area contributed by atoms with E-state index in [-0.39, 0.29) is 0 Å². The van der Waals surface area contributed by atoms with Gasteiger partial charge in [0.15, 0.2) is 6.67 Å². The zero-order valence-corrected chi connectivity index (χ0v) is 36.7. The highest BCUT2D eigenvalue weighted by molar-refractivity contribution is 5.77. The quantitative estimate of drug-likeness (QED) is 0.0460. The van der Waals surface area contributed by atoms with Gasteiger partial charge in [-0.1, -0.05) is 206 Å². The van der Waals surface area contributed by atoms with Crippen LogP contribution in [0.4, 0.5) is 0 Å². The van der Waals surface area contributed by atoms with Crippen LogP contribution >= 0.6 is 0 Å². The lowest BCUT2D eigenvalue weighted by Gasteiger charge is -2.37. The van der Waals surface area contributed by atoms with Crippen molar-refractivity contribution in [2.75, 3.05) is 59.8 Å². The molecule has 53 heavy (non-hydrogen) atoms. The van der Waals surface area contributed by atoms with Crippen LogP contribution in [0.25, 0.3) is 0 Å². The molecule has 0 aromatic heterocycles. The predicted molar refractivity (Wildman–Crippen MR) is 232 cm³/mol. The third kappa shape index (κ3) is 34.3. The number of nitrogens with zero attached hydrogens (tertiary/aromatic N) is 2. The van der Waals surface area contributed by atoms with Gasteiger partial charge in [-0.3, -0.25) is 9.69 Å². The molecular weight excluding hydrogens is 653 g/mol. The van der Waals surface area contributed by atoms with Crippen molar-refractivity contribution in [1.29, 1.82) is 0 Å². The molecule has 0 bridgehead atoms. The summed E-state index contributed by atoms with van der Waals surface area (Å²) in [6.07, 6.45) is 48.9. The summed E-state index contributed by atoms with van der Waals surface area (Å²) >= 11 is 0. The van der Waals surface area contributed by atoms with Gasteiger partial charge in [0.25, 0.3) is 0 Å². The number of hydrogen-bond donors (Lipinski definition) is 0. The van der Waals surface area contributed by atoms with E-state index in [4.69, 9.17) is 9.47 Å². The highest BCUT2D eigenvalue weighted by Crippen LogP contribution is 2.18. The maximum atomic E-state index is 12.4. The first kappa shape index (κ1) is 50.4. The minimum absolute atomic E-state index is 0.342. The monoisotopic (exact) mass is 750 g/mol. The zero-order chi connectivity index (χ0) is 38.2. The fraction of sp³-hybridized carbons (Fsp3) is 0.979. The van der Waals surface area contributed by atoms with Gasteiger partial charge >= 0.3 is 0 Å². The molecule has 0 unspecified atom stereocenters. The maximum absolute atomic E-state index is 12.4. The van der Waals surface area contributed by atoms with E-state index >= 15 is 0 Å². The molecule has 5 nitrogen and oxygen atoms in total. The molecule has 0 aromatic carbocycles. The standard InChI is InChI=1S/C48H97N2O3/c1-4-6-8-10-12-14-16-18-20-22-24-26-28-30-32-34-43-52-45-37-41-50(3,47-49-40-36-39-48(49)51)42-38-46-53-44-35-33-31-29-27-25-23-21-19-17-15-13-11-9-7-5-2/h4-47H2,1-3H3/q+1. The fourth-order valence-corrected chi connectivity index (χ4v) is 8.32. The molecule has 1 rings (SSSR count). The normalized spacial score (nSPS) is 13.6. The largest absolute Gasteiger partial charge is 0.381 e. The van der Waals surface area contributed by atoms with E-state index in [1.807, 2.05) is 0 Å². The molecule has 0 N–H and O–H groups in total. The Hall–Kier alpha value is -0.650. The second-order valence-electron chi connectivity index (χ2n) is 17.5. The molecule has 0 spiro atoms. The lowest BCUT2D eigenvalue weighted by atomic mass is 10.0. The number of rotatable bonds is 44. The van der Waals surface area contributed by atoms with Crippen molar-refractivity contribution in [3.05, 3.63) is 0 Å². The van der Waals surface area contributed by atoms with Crippen molar-refractivity contribution in [3.63, 3.8) is 0 Å². The molecule has 5 heteroatoms. The lowest BCUT2D eigenvalue weighted by molar-refractivity contribution is -0.918. The number of likely N-dealkylation sites (tertiary alicyclic amines) is 1. The summed E-state index contributed by atoms with van der Waals surface area (Å²) < 4.78 is 13.1. The first-order valence-electron chi connectivity index (χ1n) is 24.4. The number of carbonyl (C=O) groups is 1. The molecule has 1 saturated heterocycles. The Morgan fingerprint density at radius 1 is 0.434 bits per heavy atom. The van der Waals surface area contributed by atoms with Crippen LogP contribution in [0.1, 0.15) is 245 Å². The topological polar surface area (TPSA) is 38.8 Å². The highest BCUT2D eigenvalue weighted by atomic mass is 16.5. The second-order valence-corrected chi connectivity index (χ2v) is 17.5. The fourth-order valence-electron chi connectivity index (χ4n) is 8.32. The number of hydrogen-bond acceptors (Lipinski definition) is 3. The van der Waals surface area contributed by atoms with Crippen molar-refractivity contribution < 1.29 is 18.8 Å². The number of amides is 1. The van der Waals surface area contributed by atoms with Gasteiger partial charge < -0.3 is 14.0 Å². The summed E-state index contributed by atoms with van der Waals surface area (Å²) in [7, 11) is 2.34. The Labute approximate surface area is 333 Å². The van der Waals surface area contributed by atoms with E-state index < -0.39 is 0 Å². The molecule has 1 amide bonds. The van der Waals surface area contributed by atoms with Gasteiger partial charge in [-0.2, -0.15) is 0 Å². The van der Waals surface area contributed by atoms with E-state index in [9.17, 15) is 4.79 Å². The molecular formula is C48H97N2O3+. The van der Waals surface area contributed by atoms with Gasteiger partial charge in [0.05, 0.1) is 33.4 Å². The zero-order valence-electron chi connectivity index (χ0n) is 36.7. The van der Waals surface area contributed by atoms with Crippen LogP contribution in [0.15, 0.2) is 0 Å². The van der Waals surface area contributed by atoms with E-state index in [2.05, 4.69) is 25.8 Å². The van der Waals surface area contributed by atoms with Crippen molar-refractivity contribution in [3.8, 4) is 0 Å². The van der Waals surface area contributed by atoms with Crippen molar-refractivity contribution >= 4 is 5.91 Å². The van der Waals surface area contributed by atoms with Gasteiger partial charge in [-0.05, 0) is 19.3 Å². The average Bonchev–Trinajstić information content (AvgIpc) is 3.56. The number of unbranched alkanes of at least 4 members (excludes halogenated alkanes) is 30. The molecule has 0 atom stereocenters. The second kappa shape index (κ2) is 39.6. The average molecular weight is 750 g/mol. The first-order valence-corrected chi connectivity index (χ1v) is 24.4. The first-order chi connectivity index (χ1) is 26.1. The molecule has 1 fully saturated rings. The summed E-state index contributed by atoms with van der Waals surface area (Å²) in [6, 6.07) is 0. The Bertz CT molecular complexity index is 702. The Balaban J connectivity index is 1.97. The molecule has 1 heterocycles. The van der Waals surface area contributed by atoms with Crippen LogP contribution in [0, 0.1) is 0 Å². The minimum atomic E-state index is 0.342. The smallest absolute Gasteiger partial charge is 0.226 e. The number of carbonyl (C=O) groups excluding carboxylic acids is 1. The summed E-state index contributed by atoms with van der Waals surface area (Å²) in [5, 5.41) is 0. The summed E-state index contributed by atoms with van der Waals surface area (Å²) in [4.78, 5) is 14.5. The molecule has 1 aliphatic heterocycles. The Morgan fingerprint density at radius 3 is 1.00 bits per heavy atom. The molecule has 0 aromatic rings. The molecule has 0 saturated carbocycles.